The van der Waals surface area contributed by atoms with Gasteiger partial charge in [0.15, 0.2) is 0 Å². The Kier molecular flexibility index (Phi) is 3.17. The lowest BCUT2D eigenvalue weighted by atomic mass is 9.86. The average Bonchev–Trinajstić information content (AvgIpc) is 2.68. The van der Waals surface area contributed by atoms with Crippen LogP contribution in [0.4, 0.5) is 0 Å². The summed E-state index contributed by atoms with van der Waals surface area (Å²) in [6, 6.07) is 28.0. The largest absolute Gasteiger partial charge is 0.185 e. The standard InChI is InChI=1S/C23H18N2/c1-15-22-19-11-5-3-8-17(19)13-14-21(22)23(25-24-15)20-12-6-9-16-7-2-4-10-18(16)20/h2-15,23H,1H3. The van der Waals surface area contributed by atoms with Gasteiger partial charge in [-0.2, -0.15) is 10.2 Å². The molecule has 120 valence electrons. The highest BCUT2D eigenvalue weighted by Gasteiger charge is 2.26. The van der Waals surface area contributed by atoms with Crippen molar-refractivity contribution in [3.63, 3.8) is 0 Å². The first-order chi connectivity index (χ1) is 12.3. The number of fused-ring (bicyclic) bond motifs is 4. The average molecular weight is 322 g/mol. The topological polar surface area (TPSA) is 24.7 Å². The molecule has 2 nitrogen and oxygen atoms in total. The monoisotopic (exact) mass is 322 g/mol. The fraction of sp³-hybridized carbons (Fsp3) is 0.130. The van der Waals surface area contributed by atoms with E-state index in [9.17, 15) is 0 Å². The van der Waals surface area contributed by atoms with E-state index >= 15 is 0 Å². The van der Waals surface area contributed by atoms with Crippen LogP contribution in [0.5, 0.6) is 0 Å². The minimum Gasteiger partial charge on any atom is -0.185 e. The molecule has 2 unspecified atom stereocenters. The summed E-state index contributed by atoms with van der Waals surface area (Å²) in [6.45, 7) is 2.13. The van der Waals surface area contributed by atoms with Gasteiger partial charge in [0.1, 0.15) is 6.04 Å². The van der Waals surface area contributed by atoms with Crippen LogP contribution >= 0.6 is 0 Å². The molecule has 0 aliphatic carbocycles. The van der Waals surface area contributed by atoms with Crippen LogP contribution < -0.4 is 0 Å². The molecule has 25 heavy (non-hydrogen) atoms. The van der Waals surface area contributed by atoms with Crippen LogP contribution in [-0.2, 0) is 0 Å². The lowest BCUT2D eigenvalue weighted by Gasteiger charge is -2.25. The Balaban J connectivity index is 1.80. The molecular formula is C23H18N2. The van der Waals surface area contributed by atoms with Gasteiger partial charge in [-0.05, 0) is 45.2 Å². The Hall–Kier alpha value is -3.00. The molecule has 0 saturated carbocycles. The number of nitrogens with zero attached hydrogens (tertiary/aromatic N) is 2. The van der Waals surface area contributed by atoms with E-state index in [0.29, 0.717) is 0 Å². The molecule has 1 aliphatic heterocycles. The second kappa shape index (κ2) is 5.52. The zero-order valence-electron chi connectivity index (χ0n) is 14.1. The minimum atomic E-state index is -0.0399. The molecule has 4 aromatic carbocycles. The normalized spacial score (nSPS) is 19.2. The summed E-state index contributed by atoms with van der Waals surface area (Å²) in [7, 11) is 0. The van der Waals surface area contributed by atoms with Crippen molar-refractivity contribution in [3.05, 3.63) is 95.6 Å². The van der Waals surface area contributed by atoms with Crippen molar-refractivity contribution in [3.8, 4) is 0 Å². The van der Waals surface area contributed by atoms with Crippen LogP contribution in [0.25, 0.3) is 21.5 Å². The van der Waals surface area contributed by atoms with Crippen LogP contribution in [0.1, 0.15) is 35.7 Å². The van der Waals surface area contributed by atoms with Gasteiger partial charge in [-0.1, -0.05) is 78.9 Å². The highest BCUT2D eigenvalue weighted by atomic mass is 15.2. The fourth-order valence-corrected chi connectivity index (χ4v) is 4.02. The SMILES string of the molecule is CC1N=NC(c2cccc3ccccc23)c2ccc3ccccc3c21. The van der Waals surface area contributed by atoms with Gasteiger partial charge in [0, 0.05) is 0 Å². The van der Waals surface area contributed by atoms with Gasteiger partial charge in [-0.3, -0.25) is 0 Å². The summed E-state index contributed by atoms with van der Waals surface area (Å²) in [5.41, 5.74) is 3.81. The molecule has 0 amide bonds. The van der Waals surface area contributed by atoms with E-state index in [4.69, 9.17) is 5.11 Å². The number of benzene rings is 4. The van der Waals surface area contributed by atoms with Crippen molar-refractivity contribution in [1.82, 2.24) is 0 Å². The van der Waals surface area contributed by atoms with Crippen LogP contribution in [0.2, 0.25) is 0 Å². The first-order valence-corrected chi connectivity index (χ1v) is 8.72. The number of hydrogen-bond donors (Lipinski definition) is 0. The van der Waals surface area contributed by atoms with Gasteiger partial charge >= 0.3 is 0 Å². The third kappa shape index (κ3) is 2.18. The van der Waals surface area contributed by atoms with Gasteiger partial charge in [0.25, 0.3) is 0 Å². The summed E-state index contributed by atoms with van der Waals surface area (Å²) < 4.78 is 0. The number of rotatable bonds is 1. The summed E-state index contributed by atoms with van der Waals surface area (Å²) in [5, 5.41) is 14.4. The predicted molar refractivity (Wildman–Crippen MR) is 103 cm³/mol. The molecule has 0 saturated heterocycles. The Morgan fingerprint density at radius 1 is 0.600 bits per heavy atom. The van der Waals surface area contributed by atoms with E-state index in [1.165, 1.54) is 38.2 Å². The summed E-state index contributed by atoms with van der Waals surface area (Å²) >= 11 is 0. The molecule has 0 spiro atoms. The second-order valence-corrected chi connectivity index (χ2v) is 6.67. The summed E-state index contributed by atoms with van der Waals surface area (Å²) in [6.07, 6.45) is 0. The van der Waals surface area contributed by atoms with Crippen molar-refractivity contribution in [2.45, 2.75) is 19.0 Å². The van der Waals surface area contributed by atoms with Crippen molar-refractivity contribution >= 4 is 21.5 Å². The van der Waals surface area contributed by atoms with Crippen LogP contribution in [0.3, 0.4) is 0 Å². The maximum Gasteiger partial charge on any atom is 0.122 e. The van der Waals surface area contributed by atoms with Gasteiger partial charge < -0.3 is 0 Å². The highest BCUT2D eigenvalue weighted by molar-refractivity contribution is 5.89. The maximum absolute atomic E-state index is 4.70. The molecule has 0 fully saturated rings. The Morgan fingerprint density at radius 3 is 2.12 bits per heavy atom. The molecule has 2 heteroatoms. The summed E-state index contributed by atoms with van der Waals surface area (Å²) in [4.78, 5) is 0. The van der Waals surface area contributed by atoms with Crippen molar-refractivity contribution in [2.24, 2.45) is 10.2 Å². The van der Waals surface area contributed by atoms with Crippen molar-refractivity contribution < 1.29 is 0 Å². The molecule has 0 radical (unpaired) electrons. The zero-order chi connectivity index (χ0) is 16.8. The molecule has 0 aromatic heterocycles. The molecule has 4 aromatic rings. The Bertz CT molecular complexity index is 1120. The van der Waals surface area contributed by atoms with Crippen LogP contribution in [0.15, 0.2) is 89.1 Å². The fourth-order valence-electron chi connectivity index (χ4n) is 4.02. The van der Waals surface area contributed by atoms with Crippen LogP contribution in [-0.4, -0.2) is 0 Å². The van der Waals surface area contributed by atoms with Crippen LogP contribution in [0, 0.1) is 0 Å². The minimum absolute atomic E-state index is 0.0399. The molecule has 0 bridgehead atoms. The first-order valence-electron chi connectivity index (χ1n) is 8.72. The molecule has 0 N–H and O–H groups in total. The Labute approximate surface area is 146 Å². The maximum atomic E-state index is 4.70. The molecule has 1 aliphatic rings. The lowest BCUT2D eigenvalue weighted by molar-refractivity contribution is 0.634. The molecule has 5 rings (SSSR count). The van der Waals surface area contributed by atoms with E-state index < -0.39 is 0 Å². The highest BCUT2D eigenvalue weighted by Crippen LogP contribution is 2.43. The van der Waals surface area contributed by atoms with E-state index in [1.807, 2.05) is 0 Å². The van der Waals surface area contributed by atoms with Gasteiger partial charge in [0.05, 0.1) is 6.04 Å². The zero-order valence-corrected chi connectivity index (χ0v) is 14.1. The molecule has 1 heterocycles. The smallest absolute Gasteiger partial charge is 0.122 e. The van der Waals surface area contributed by atoms with Crippen molar-refractivity contribution in [2.75, 3.05) is 0 Å². The molecule has 2 atom stereocenters. The van der Waals surface area contributed by atoms with Crippen molar-refractivity contribution in [1.29, 1.82) is 0 Å². The third-order valence-corrected chi connectivity index (χ3v) is 5.19. The van der Waals surface area contributed by atoms with Gasteiger partial charge in [0.2, 0.25) is 0 Å². The first kappa shape index (κ1) is 14.4. The predicted octanol–water partition coefficient (Wildman–Crippen LogP) is 6.61. The third-order valence-electron chi connectivity index (χ3n) is 5.19. The van der Waals surface area contributed by atoms with E-state index in [0.717, 1.165) is 0 Å². The van der Waals surface area contributed by atoms with E-state index in [1.54, 1.807) is 0 Å². The Morgan fingerprint density at radius 2 is 1.28 bits per heavy atom. The number of hydrogen-bond acceptors (Lipinski definition) is 2. The second-order valence-electron chi connectivity index (χ2n) is 6.67. The van der Waals surface area contributed by atoms with Gasteiger partial charge in [-0.25, -0.2) is 0 Å². The van der Waals surface area contributed by atoms with E-state index in [2.05, 4.69) is 90.9 Å². The number of azo groups is 1. The molecular weight excluding hydrogens is 304 g/mol. The van der Waals surface area contributed by atoms with E-state index in [-0.39, 0.29) is 12.1 Å². The quantitative estimate of drug-likeness (QED) is 0.377. The summed E-state index contributed by atoms with van der Waals surface area (Å²) in [5.74, 6) is 0. The lowest BCUT2D eigenvalue weighted by Crippen LogP contribution is -2.09. The van der Waals surface area contributed by atoms with Gasteiger partial charge in [-0.15, -0.1) is 0 Å².